The van der Waals surface area contributed by atoms with E-state index in [1.807, 2.05) is 0 Å². The van der Waals surface area contributed by atoms with E-state index < -0.39 is 5.91 Å². The molecule has 7 nitrogen and oxygen atoms in total. The van der Waals surface area contributed by atoms with E-state index in [-0.39, 0.29) is 29.7 Å². The number of ether oxygens (including phenoxy) is 2. The van der Waals surface area contributed by atoms with Crippen molar-refractivity contribution in [2.75, 3.05) is 7.11 Å². The number of nitrogens with one attached hydrogen (secondary N) is 1. The highest BCUT2D eigenvalue weighted by molar-refractivity contribution is 9.10. The Bertz CT molecular complexity index is 1190. The zero-order valence-corrected chi connectivity index (χ0v) is 18.2. The molecular formula is C22H17BrFN3O4. The van der Waals surface area contributed by atoms with E-state index >= 15 is 0 Å². The quantitative estimate of drug-likeness (QED) is 0.624. The monoisotopic (exact) mass is 485 g/mol. The highest BCUT2D eigenvalue weighted by Gasteiger charge is 2.34. The molecule has 2 aliphatic heterocycles. The molecule has 2 aromatic carbocycles. The number of allylic oxidation sites excluding steroid dienone is 1. The molecule has 0 saturated carbocycles. The second-order valence-electron chi connectivity index (χ2n) is 6.74. The first-order valence-electron chi connectivity index (χ1n) is 9.21. The maximum Gasteiger partial charge on any atom is 0.282 e. The Morgan fingerprint density at radius 2 is 2.10 bits per heavy atom. The van der Waals surface area contributed by atoms with Crippen molar-refractivity contribution < 1.29 is 23.5 Å². The first kappa shape index (κ1) is 20.8. The highest BCUT2D eigenvalue weighted by atomic mass is 79.9. The summed E-state index contributed by atoms with van der Waals surface area (Å²) in [7, 11) is 1.48. The second-order valence-corrected chi connectivity index (χ2v) is 7.59. The van der Waals surface area contributed by atoms with Crippen molar-refractivity contribution in [1.29, 1.82) is 5.41 Å². The molecule has 2 heterocycles. The topological polar surface area (TPSA) is 84.2 Å². The van der Waals surface area contributed by atoms with Gasteiger partial charge in [-0.25, -0.2) is 4.39 Å². The Kier molecular flexibility index (Phi) is 5.60. The number of carbonyl (C=O) groups excluding carboxylic acids is 1. The number of methoxy groups -OCH3 is 1. The zero-order valence-electron chi connectivity index (χ0n) is 16.6. The number of hydroxylamine groups is 2. The number of amidine groups is 2. The molecule has 2 aromatic rings. The maximum absolute atomic E-state index is 13.9. The lowest BCUT2D eigenvalue weighted by Crippen LogP contribution is -2.38. The van der Waals surface area contributed by atoms with Gasteiger partial charge in [0.2, 0.25) is 0 Å². The standard InChI is InChI=1S/C22H17BrFN3O4/c1-12-7-19-26-22(28)15(21(25)27(19)31-12)8-13-9-16(23)20(18(10-13)29-2)30-11-14-5-3-4-6-17(14)24/h3-10,25H,11H2,1-2H3/b15-8-,25-21?. The van der Waals surface area contributed by atoms with Gasteiger partial charge in [-0.1, -0.05) is 18.2 Å². The zero-order chi connectivity index (χ0) is 22.1. The molecule has 31 heavy (non-hydrogen) atoms. The van der Waals surface area contributed by atoms with Crippen LogP contribution in [-0.2, 0) is 16.2 Å². The fourth-order valence-corrected chi connectivity index (χ4v) is 3.67. The molecule has 0 atom stereocenters. The Balaban J connectivity index is 1.62. The molecule has 0 fully saturated rings. The molecule has 0 radical (unpaired) electrons. The number of hydrogen-bond acceptors (Lipinski definition) is 5. The number of benzene rings is 2. The number of fused-ring (bicyclic) bond motifs is 1. The van der Waals surface area contributed by atoms with Crippen LogP contribution in [0.5, 0.6) is 11.5 Å². The molecule has 9 heteroatoms. The predicted octanol–water partition coefficient (Wildman–Crippen LogP) is 4.63. The molecule has 158 valence electrons. The molecule has 4 rings (SSSR count). The van der Waals surface area contributed by atoms with Crippen molar-refractivity contribution >= 4 is 39.6 Å². The van der Waals surface area contributed by atoms with E-state index in [0.29, 0.717) is 32.9 Å². The van der Waals surface area contributed by atoms with Crippen LogP contribution in [0.3, 0.4) is 0 Å². The molecular weight excluding hydrogens is 469 g/mol. The highest BCUT2D eigenvalue weighted by Crippen LogP contribution is 2.38. The fourth-order valence-electron chi connectivity index (χ4n) is 3.10. The summed E-state index contributed by atoms with van der Waals surface area (Å²) in [6.07, 6.45) is 3.11. The van der Waals surface area contributed by atoms with Gasteiger partial charge in [0.15, 0.2) is 23.2 Å². The van der Waals surface area contributed by atoms with Crippen molar-refractivity contribution in [2.45, 2.75) is 13.5 Å². The third-order valence-electron chi connectivity index (χ3n) is 4.57. The first-order valence-corrected chi connectivity index (χ1v) is 10.0. The minimum atomic E-state index is -0.541. The minimum absolute atomic E-state index is 0.0152. The van der Waals surface area contributed by atoms with Gasteiger partial charge in [0.1, 0.15) is 18.2 Å². The number of carbonyl (C=O) groups is 1. The molecule has 0 unspecified atom stereocenters. The summed E-state index contributed by atoms with van der Waals surface area (Å²) in [5.41, 5.74) is 1.06. The van der Waals surface area contributed by atoms with Gasteiger partial charge in [-0.05, 0) is 52.7 Å². The van der Waals surface area contributed by atoms with Gasteiger partial charge in [0, 0.05) is 11.6 Å². The number of hydrogen-bond donors (Lipinski definition) is 1. The Morgan fingerprint density at radius 1 is 1.32 bits per heavy atom. The lowest BCUT2D eigenvalue weighted by Gasteiger charge is -2.23. The molecule has 2 aliphatic rings. The Labute approximate surface area is 186 Å². The van der Waals surface area contributed by atoms with E-state index in [1.165, 1.54) is 24.3 Å². The van der Waals surface area contributed by atoms with Gasteiger partial charge in [-0.2, -0.15) is 4.99 Å². The largest absolute Gasteiger partial charge is 0.493 e. The van der Waals surface area contributed by atoms with Crippen LogP contribution in [0.4, 0.5) is 4.39 Å². The third-order valence-corrected chi connectivity index (χ3v) is 5.16. The van der Waals surface area contributed by atoms with Crippen LogP contribution < -0.4 is 9.47 Å². The number of nitrogens with zero attached hydrogens (tertiary/aromatic N) is 2. The van der Waals surface area contributed by atoms with Crippen LogP contribution >= 0.6 is 15.9 Å². The van der Waals surface area contributed by atoms with Crippen molar-refractivity contribution in [3.05, 3.63) is 75.2 Å². The van der Waals surface area contributed by atoms with Crippen LogP contribution in [0, 0.1) is 11.2 Å². The molecule has 0 bridgehead atoms. The van der Waals surface area contributed by atoms with Gasteiger partial charge in [0.25, 0.3) is 5.91 Å². The minimum Gasteiger partial charge on any atom is -0.493 e. The Morgan fingerprint density at radius 3 is 2.84 bits per heavy atom. The molecule has 1 N–H and O–H groups in total. The third kappa shape index (κ3) is 4.09. The average Bonchev–Trinajstić information content (AvgIpc) is 3.11. The fraction of sp³-hybridized carbons (Fsp3) is 0.136. The lowest BCUT2D eigenvalue weighted by atomic mass is 10.1. The van der Waals surface area contributed by atoms with Gasteiger partial charge >= 0.3 is 0 Å². The summed E-state index contributed by atoms with van der Waals surface area (Å²) in [5, 5.41) is 9.51. The average molecular weight is 486 g/mol. The van der Waals surface area contributed by atoms with Crippen LogP contribution in [0.1, 0.15) is 18.1 Å². The summed E-state index contributed by atoms with van der Waals surface area (Å²) in [6, 6.07) is 9.71. The van der Waals surface area contributed by atoms with Crippen LogP contribution in [-0.4, -0.2) is 29.8 Å². The molecule has 0 spiro atoms. The van der Waals surface area contributed by atoms with Gasteiger partial charge < -0.3 is 14.3 Å². The second kappa shape index (κ2) is 8.35. The van der Waals surface area contributed by atoms with Crippen molar-refractivity contribution in [1.82, 2.24) is 5.06 Å². The smallest absolute Gasteiger partial charge is 0.282 e. The van der Waals surface area contributed by atoms with Gasteiger partial charge in [-0.3, -0.25) is 10.2 Å². The molecule has 0 aliphatic carbocycles. The summed E-state index contributed by atoms with van der Waals surface area (Å²) < 4.78 is 25.6. The lowest BCUT2D eigenvalue weighted by molar-refractivity contribution is -0.114. The van der Waals surface area contributed by atoms with Crippen molar-refractivity contribution in [3.63, 3.8) is 0 Å². The van der Waals surface area contributed by atoms with E-state index in [0.717, 1.165) is 0 Å². The normalized spacial score (nSPS) is 16.6. The number of halogens is 2. The van der Waals surface area contributed by atoms with E-state index in [1.54, 1.807) is 43.3 Å². The number of aliphatic imine (C=N–C) groups is 1. The van der Waals surface area contributed by atoms with E-state index in [2.05, 4.69) is 20.9 Å². The summed E-state index contributed by atoms with van der Waals surface area (Å²) in [4.78, 5) is 21.8. The molecule has 0 saturated heterocycles. The summed E-state index contributed by atoms with van der Waals surface area (Å²) in [6.45, 7) is 1.73. The van der Waals surface area contributed by atoms with Crippen LogP contribution in [0.2, 0.25) is 0 Å². The molecule has 0 aromatic heterocycles. The van der Waals surface area contributed by atoms with E-state index in [9.17, 15) is 9.18 Å². The predicted molar refractivity (Wildman–Crippen MR) is 116 cm³/mol. The Hall–Kier alpha value is -3.46. The number of rotatable bonds is 5. The van der Waals surface area contributed by atoms with E-state index in [4.69, 9.17) is 19.7 Å². The van der Waals surface area contributed by atoms with Crippen LogP contribution in [0.15, 0.2) is 63.3 Å². The maximum atomic E-state index is 13.9. The van der Waals surface area contributed by atoms with Crippen LogP contribution in [0.25, 0.3) is 6.08 Å². The van der Waals surface area contributed by atoms with Gasteiger partial charge in [-0.15, -0.1) is 5.06 Å². The number of amides is 1. The first-order chi connectivity index (χ1) is 14.9. The van der Waals surface area contributed by atoms with Gasteiger partial charge in [0.05, 0.1) is 17.2 Å². The summed E-state index contributed by atoms with van der Waals surface area (Å²) >= 11 is 3.44. The summed E-state index contributed by atoms with van der Waals surface area (Å²) in [5.74, 6) is 0.576. The molecule has 1 amide bonds. The van der Waals surface area contributed by atoms with Crippen molar-refractivity contribution in [3.8, 4) is 11.5 Å². The van der Waals surface area contributed by atoms with Crippen molar-refractivity contribution in [2.24, 2.45) is 4.99 Å². The SMILES string of the molecule is COc1cc(/C=C2/C(=N)N3OC(C)=CC3=NC2=O)cc(Br)c1OCc1ccccc1F.